The monoisotopic (exact) mass is 329 g/mol. The van der Waals surface area contributed by atoms with Crippen molar-refractivity contribution in [2.24, 2.45) is 0 Å². The number of carbonyl (C=O) groups excluding carboxylic acids is 1. The zero-order chi connectivity index (χ0) is 16.9. The fourth-order valence-corrected chi connectivity index (χ4v) is 3.11. The number of H-pyrrole nitrogens is 1. The molecule has 0 aliphatic carbocycles. The van der Waals surface area contributed by atoms with E-state index in [2.05, 4.69) is 15.2 Å². The number of hydrogen-bond donors (Lipinski definition) is 2. The van der Waals surface area contributed by atoms with E-state index in [1.165, 1.54) is 18.9 Å². The van der Waals surface area contributed by atoms with Gasteiger partial charge in [-0.2, -0.15) is 0 Å². The molecule has 24 heavy (non-hydrogen) atoms. The molecule has 2 aromatic heterocycles. The largest absolute Gasteiger partial charge is 0.465 e. The van der Waals surface area contributed by atoms with Gasteiger partial charge >= 0.3 is 0 Å². The van der Waals surface area contributed by atoms with Crippen LogP contribution in [0.5, 0.6) is 0 Å². The summed E-state index contributed by atoms with van der Waals surface area (Å²) in [5.74, 6) is 1.72. The number of furan rings is 1. The van der Waals surface area contributed by atoms with Gasteiger partial charge in [0.05, 0.1) is 12.5 Å². The van der Waals surface area contributed by atoms with E-state index in [0.29, 0.717) is 6.54 Å². The van der Waals surface area contributed by atoms with Gasteiger partial charge in [-0.05, 0) is 50.6 Å². The van der Waals surface area contributed by atoms with Crippen LogP contribution in [-0.4, -0.2) is 35.4 Å². The lowest BCUT2D eigenvalue weighted by atomic mass is 10.1. The Hall–Kier alpha value is -2.34. The molecule has 1 aliphatic heterocycles. The molecule has 0 aromatic carbocycles. The number of pyridine rings is 1. The zero-order valence-electron chi connectivity index (χ0n) is 13.9. The summed E-state index contributed by atoms with van der Waals surface area (Å²) in [6, 6.07) is 7.13. The molecule has 1 unspecified atom stereocenters. The maximum absolute atomic E-state index is 12.2. The molecule has 3 rings (SSSR count). The van der Waals surface area contributed by atoms with Gasteiger partial charge in [0.2, 0.25) is 11.5 Å². The first-order chi connectivity index (χ1) is 11.6. The van der Waals surface area contributed by atoms with Crippen molar-refractivity contribution >= 4 is 5.91 Å². The first kappa shape index (κ1) is 16.5. The second kappa shape index (κ2) is 7.49. The van der Waals surface area contributed by atoms with Gasteiger partial charge in [0.15, 0.2) is 0 Å². The fraction of sp³-hybridized carbons (Fsp3) is 0.444. The highest BCUT2D eigenvalue weighted by molar-refractivity contribution is 5.78. The topological polar surface area (TPSA) is 78.3 Å². The minimum absolute atomic E-state index is 0.0606. The van der Waals surface area contributed by atoms with Gasteiger partial charge in [0, 0.05) is 18.8 Å². The summed E-state index contributed by atoms with van der Waals surface area (Å²) in [6.07, 6.45) is 4.19. The van der Waals surface area contributed by atoms with E-state index in [0.717, 1.165) is 30.2 Å². The van der Waals surface area contributed by atoms with Crippen LogP contribution in [0.15, 0.2) is 39.7 Å². The Morgan fingerprint density at radius 2 is 2.08 bits per heavy atom. The van der Waals surface area contributed by atoms with Crippen molar-refractivity contribution in [1.82, 2.24) is 15.2 Å². The highest BCUT2D eigenvalue weighted by atomic mass is 16.3. The highest BCUT2D eigenvalue weighted by Crippen LogP contribution is 2.26. The van der Waals surface area contributed by atoms with E-state index in [-0.39, 0.29) is 23.9 Å². The second-order valence-electron chi connectivity index (χ2n) is 6.25. The van der Waals surface area contributed by atoms with Crippen molar-refractivity contribution in [2.45, 2.75) is 32.2 Å². The third-order valence-corrected chi connectivity index (χ3v) is 4.38. The Morgan fingerprint density at radius 1 is 1.29 bits per heavy atom. The minimum atomic E-state index is -0.165. The van der Waals surface area contributed by atoms with Crippen LogP contribution in [-0.2, 0) is 11.2 Å². The molecule has 1 atom stereocenters. The van der Waals surface area contributed by atoms with Gasteiger partial charge in [-0.1, -0.05) is 6.07 Å². The quantitative estimate of drug-likeness (QED) is 0.847. The number of hydrogen-bond acceptors (Lipinski definition) is 4. The average Bonchev–Trinajstić information content (AvgIpc) is 3.22. The van der Waals surface area contributed by atoms with E-state index in [1.54, 1.807) is 12.3 Å². The molecule has 1 fully saturated rings. The maximum atomic E-state index is 12.2. The standard InChI is InChI=1S/C18H23N3O3/c1-13-4-6-16(24-13)15(21-8-2-3-9-21)12-20-18(23)10-14-5-7-17(22)19-11-14/h4-7,11,15H,2-3,8-10,12H2,1H3,(H,19,22)(H,20,23). The normalized spacial score (nSPS) is 16.2. The molecule has 0 radical (unpaired) electrons. The number of nitrogens with zero attached hydrogens (tertiary/aromatic N) is 1. The number of amides is 1. The lowest BCUT2D eigenvalue weighted by Crippen LogP contribution is -2.37. The number of aryl methyl sites for hydroxylation is 1. The van der Waals surface area contributed by atoms with E-state index in [4.69, 9.17) is 4.42 Å². The third-order valence-electron chi connectivity index (χ3n) is 4.38. The molecular weight excluding hydrogens is 306 g/mol. The van der Waals surface area contributed by atoms with Crippen LogP contribution in [0.25, 0.3) is 0 Å². The Morgan fingerprint density at radius 3 is 2.71 bits per heavy atom. The summed E-state index contributed by atoms with van der Waals surface area (Å²) in [5, 5.41) is 3.00. The number of likely N-dealkylation sites (tertiary alicyclic amines) is 1. The first-order valence-corrected chi connectivity index (χ1v) is 8.36. The maximum Gasteiger partial charge on any atom is 0.247 e. The molecule has 2 aromatic rings. The van der Waals surface area contributed by atoms with Gasteiger partial charge in [-0.15, -0.1) is 0 Å². The lowest BCUT2D eigenvalue weighted by molar-refractivity contribution is -0.120. The van der Waals surface area contributed by atoms with Gasteiger partial charge in [-0.3, -0.25) is 14.5 Å². The molecule has 6 heteroatoms. The van der Waals surface area contributed by atoms with E-state index in [9.17, 15) is 9.59 Å². The van der Waals surface area contributed by atoms with Crippen molar-refractivity contribution < 1.29 is 9.21 Å². The van der Waals surface area contributed by atoms with Gasteiger partial charge in [0.25, 0.3) is 0 Å². The summed E-state index contributed by atoms with van der Waals surface area (Å²) in [6.45, 7) is 4.51. The van der Waals surface area contributed by atoms with Gasteiger partial charge < -0.3 is 14.7 Å². The SMILES string of the molecule is Cc1ccc(C(CNC(=O)Cc2ccc(=O)[nH]c2)N2CCCC2)o1. The van der Waals surface area contributed by atoms with Crippen molar-refractivity contribution in [2.75, 3.05) is 19.6 Å². The number of carbonyl (C=O) groups is 1. The number of aromatic amines is 1. The second-order valence-corrected chi connectivity index (χ2v) is 6.25. The molecule has 1 saturated heterocycles. The Bertz CT molecular complexity index is 723. The third kappa shape index (κ3) is 4.14. The zero-order valence-corrected chi connectivity index (χ0v) is 13.9. The van der Waals surface area contributed by atoms with Crippen LogP contribution >= 0.6 is 0 Å². The molecule has 1 aliphatic rings. The lowest BCUT2D eigenvalue weighted by Gasteiger charge is -2.26. The summed E-state index contributed by atoms with van der Waals surface area (Å²) >= 11 is 0. The van der Waals surface area contributed by atoms with Gasteiger partial charge in [-0.25, -0.2) is 0 Å². The molecule has 3 heterocycles. The van der Waals surface area contributed by atoms with Crippen LogP contribution < -0.4 is 10.9 Å². The summed E-state index contributed by atoms with van der Waals surface area (Å²) < 4.78 is 5.79. The van der Waals surface area contributed by atoms with Crippen LogP contribution in [0, 0.1) is 6.92 Å². The Kier molecular flexibility index (Phi) is 5.15. The van der Waals surface area contributed by atoms with Gasteiger partial charge in [0.1, 0.15) is 11.5 Å². The van der Waals surface area contributed by atoms with E-state index >= 15 is 0 Å². The molecule has 0 saturated carbocycles. The molecule has 128 valence electrons. The molecule has 0 bridgehead atoms. The predicted molar refractivity (Wildman–Crippen MR) is 90.8 cm³/mol. The molecule has 2 N–H and O–H groups in total. The summed E-state index contributed by atoms with van der Waals surface area (Å²) in [5.41, 5.74) is 0.625. The number of rotatable bonds is 6. The molecule has 6 nitrogen and oxygen atoms in total. The number of nitrogens with one attached hydrogen (secondary N) is 2. The predicted octanol–water partition coefficient (Wildman–Crippen LogP) is 1.77. The van der Waals surface area contributed by atoms with Crippen LogP contribution in [0.1, 0.15) is 36.0 Å². The van der Waals surface area contributed by atoms with Crippen molar-refractivity contribution in [3.05, 3.63) is 57.9 Å². The Balaban J connectivity index is 1.61. The van der Waals surface area contributed by atoms with Crippen LogP contribution in [0.2, 0.25) is 0 Å². The smallest absolute Gasteiger partial charge is 0.247 e. The van der Waals surface area contributed by atoms with Crippen molar-refractivity contribution in [3.8, 4) is 0 Å². The minimum Gasteiger partial charge on any atom is -0.465 e. The number of aromatic nitrogens is 1. The van der Waals surface area contributed by atoms with Crippen molar-refractivity contribution in [3.63, 3.8) is 0 Å². The van der Waals surface area contributed by atoms with Crippen LogP contribution in [0.4, 0.5) is 0 Å². The van der Waals surface area contributed by atoms with Crippen LogP contribution in [0.3, 0.4) is 0 Å². The molecular formula is C18H23N3O3. The summed E-state index contributed by atoms with van der Waals surface area (Å²) in [7, 11) is 0. The first-order valence-electron chi connectivity index (χ1n) is 8.36. The van der Waals surface area contributed by atoms with E-state index < -0.39 is 0 Å². The Labute approximate surface area is 140 Å². The highest BCUT2D eigenvalue weighted by Gasteiger charge is 2.26. The van der Waals surface area contributed by atoms with E-state index in [1.807, 2.05) is 19.1 Å². The summed E-state index contributed by atoms with van der Waals surface area (Å²) in [4.78, 5) is 28.2. The molecule has 0 spiro atoms. The fourth-order valence-electron chi connectivity index (χ4n) is 3.11. The van der Waals surface area contributed by atoms with Crippen molar-refractivity contribution in [1.29, 1.82) is 0 Å². The molecule has 1 amide bonds. The average molecular weight is 329 g/mol.